The molecule has 1 N–H and O–H groups in total. The number of hydrogen-bond acceptors (Lipinski definition) is 8. The van der Waals surface area contributed by atoms with E-state index in [0.717, 1.165) is 44.6 Å². The Morgan fingerprint density at radius 1 is 1.04 bits per heavy atom. The molecule has 0 bridgehead atoms. The minimum Gasteiger partial charge on any atom is -0.465 e. The van der Waals surface area contributed by atoms with E-state index in [1.54, 1.807) is 0 Å². The summed E-state index contributed by atoms with van der Waals surface area (Å²) >= 11 is 5.70. The van der Waals surface area contributed by atoms with Crippen LogP contribution in [-0.4, -0.2) is 39.5 Å². The predicted molar refractivity (Wildman–Crippen MR) is 98.0 cm³/mol. The van der Waals surface area contributed by atoms with E-state index in [2.05, 4.69) is 14.2 Å². The van der Waals surface area contributed by atoms with Gasteiger partial charge in [0.15, 0.2) is 0 Å². The van der Waals surface area contributed by atoms with Crippen LogP contribution in [0, 0.1) is 10.1 Å². The van der Waals surface area contributed by atoms with Crippen LogP contribution in [0.3, 0.4) is 0 Å². The van der Waals surface area contributed by atoms with Crippen molar-refractivity contribution in [1.82, 2.24) is 0 Å². The number of rotatable bonds is 6. The van der Waals surface area contributed by atoms with E-state index in [-0.39, 0.29) is 21.8 Å². The van der Waals surface area contributed by atoms with Crippen molar-refractivity contribution in [1.29, 1.82) is 0 Å². The lowest BCUT2D eigenvalue weighted by molar-refractivity contribution is -0.384. The summed E-state index contributed by atoms with van der Waals surface area (Å²) in [7, 11) is -2.15. The summed E-state index contributed by atoms with van der Waals surface area (Å²) < 4.78 is 36.6. The third kappa shape index (κ3) is 4.56. The standard InChI is InChI=1S/C16H13ClN2O8S/c1-26-15(20)9-5-10(16(21)27-2)7-12(6-9)28(24,25)18-11-3-4-13(17)14(8-11)19(22)23/h3-8,18H,1-2H3. The van der Waals surface area contributed by atoms with Crippen LogP contribution in [-0.2, 0) is 19.5 Å². The maximum atomic E-state index is 12.7. The molecule has 2 rings (SSSR count). The normalized spacial score (nSPS) is 10.8. The van der Waals surface area contributed by atoms with Crippen molar-refractivity contribution in [3.05, 3.63) is 62.7 Å². The highest BCUT2D eigenvalue weighted by atomic mass is 35.5. The van der Waals surface area contributed by atoms with E-state index in [0.29, 0.717) is 0 Å². The van der Waals surface area contributed by atoms with Crippen LogP contribution in [0.15, 0.2) is 41.3 Å². The molecule has 0 atom stereocenters. The molecule has 0 amide bonds. The lowest BCUT2D eigenvalue weighted by Gasteiger charge is -2.11. The summed E-state index contributed by atoms with van der Waals surface area (Å²) in [6, 6.07) is 6.41. The fraction of sp³-hybridized carbons (Fsp3) is 0.125. The van der Waals surface area contributed by atoms with Gasteiger partial charge in [0.25, 0.3) is 15.7 Å². The Hall–Kier alpha value is -3.18. The average Bonchev–Trinajstić information content (AvgIpc) is 2.67. The second kappa shape index (κ2) is 8.23. The maximum absolute atomic E-state index is 12.7. The number of nitrogens with zero attached hydrogens (tertiary/aromatic N) is 1. The minimum atomic E-state index is -4.33. The fourth-order valence-electron chi connectivity index (χ4n) is 2.16. The van der Waals surface area contributed by atoms with Crippen LogP contribution in [0.4, 0.5) is 11.4 Å². The van der Waals surface area contributed by atoms with E-state index in [1.165, 1.54) is 6.07 Å². The van der Waals surface area contributed by atoms with Crippen molar-refractivity contribution in [2.24, 2.45) is 0 Å². The van der Waals surface area contributed by atoms with Crippen LogP contribution >= 0.6 is 11.6 Å². The quantitative estimate of drug-likeness (QED) is 0.420. The first-order valence-corrected chi connectivity index (χ1v) is 9.23. The van der Waals surface area contributed by atoms with Crippen molar-refractivity contribution >= 4 is 44.9 Å². The summed E-state index contributed by atoms with van der Waals surface area (Å²) in [6.07, 6.45) is 0. The molecule has 2 aromatic rings. The Balaban J connectivity index is 2.53. The molecule has 2 aromatic carbocycles. The first kappa shape index (κ1) is 21.1. The van der Waals surface area contributed by atoms with Gasteiger partial charge in [-0.2, -0.15) is 0 Å². The van der Waals surface area contributed by atoms with Crippen molar-refractivity contribution in [2.75, 3.05) is 18.9 Å². The van der Waals surface area contributed by atoms with Crippen LogP contribution in [0.1, 0.15) is 20.7 Å². The van der Waals surface area contributed by atoms with E-state index in [4.69, 9.17) is 11.6 Å². The second-order valence-corrected chi connectivity index (χ2v) is 7.35. The van der Waals surface area contributed by atoms with Gasteiger partial charge in [-0.1, -0.05) is 11.6 Å². The summed E-state index contributed by atoms with van der Waals surface area (Å²) in [6.45, 7) is 0. The number of sulfonamides is 1. The Morgan fingerprint density at radius 3 is 2.04 bits per heavy atom. The number of nitro benzene ring substituents is 1. The zero-order valence-corrected chi connectivity index (χ0v) is 16.0. The Morgan fingerprint density at radius 2 is 1.57 bits per heavy atom. The number of nitro groups is 1. The molecule has 0 aromatic heterocycles. The molecule has 0 aliphatic heterocycles. The molecule has 148 valence electrons. The summed E-state index contributed by atoms with van der Waals surface area (Å²) in [5.74, 6) is -1.74. The number of esters is 2. The number of hydrogen-bond donors (Lipinski definition) is 1. The van der Waals surface area contributed by atoms with Gasteiger partial charge < -0.3 is 9.47 Å². The minimum absolute atomic E-state index is 0.140. The van der Waals surface area contributed by atoms with Gasteiger partial charge in [0, 0.05) is 6.07 Å². The van der Waals surface area contributed by atoms with Crippen LogP contribution in [0.2, 0.25) is 5.02 Å². The van der Waals surface area contributed by atoms with Gasteiger partial charge in [0.05, 0.1) is 40.9 Å². The molecule has 0 heterocycles. The number of carbonyl (C=O) groups is 2. The predicted octanol–water partition coefficient (Wildman–Crippen LogP) is 2.62. The Kier molecular flexibility index (Phi) is 6.21. The zero-order valence-electron chi connectivity index (χ0n) is 14.5. The van der Waals surface area contributed by atoms with Crippen molar-refractivity contribution in [3.63, 3.8) is 0 Å². The van der Waals surface area contributed by atoms with Crippen LogP contribution in [0.5, 0.6) is 0 Å². The molecule has 0 saturated carbocycles. The third-order valence-corrected chi connectivity index (χ3v) is 5.13. The van der Waals surface area contributed by atoms with Gasteiger partial charge in [-0.15, -0.1) is 0 Å². The van der Waals surface area contributed by atoms with Gasteiger partial charge in [-0.25, -0.2) is 18.0 Å². The van der Waals surface area contributed by atoms with Gasteiger partial charge in [0.1, 0.15) is 5.02 Å². The van der Waals surface area contributed by atoms with Crippen molar-refractivity contribution < 1.29 is 32.4 Å². The number of halogens is 1. The van der Waals surface area contributed by atoms with Gasteiger partial charge in [-0.05, 0) is 30.3 Å². The van der Waals surface area contributed by atoms with Crippen LogP contribution in [0.25, 0.3) is 0 Å². The lowest BCUT2D eigenvalue weighted by Crippen LogP contribution is -2.16. The lowest BCUT2D eigenvalue weighted by atomic mass is 10.1. The summed E-state index contributed by atoms with van der Waals surface area (Å²) in [4.78, 5) is 33.3. The molecule has 0 saturated heterocycles. The van der Waals surface area contributed by atoms with E-state index in [1.807, 2.05) is 0 Å². The van der Waals surface area contributed by atoms with Gasteiger partial charge >= 0.3 is 11.9 Å². The highest BCUT2D eigenvalue weighted by molar-refractivity contribution is 7.92. The molecule has 0 unspecified atom stereocenters. The molecule has 0 fully saturated rings. The molecular weight excluding hydrogens is 416 g/mol. The molecule has 0 aliphatic carbocycles. The molecule has 28 heavy (non-hydrogen) atoms. The first-order valence-electron chi connectivity index (χ1n) is 7.37. The molecule has 0 spiro atoms. The van der Waals surface area contributed by atoms with Crippen molar-refractivity contribution in [3.8, 4) is 0 Å². The van der Waals surface area contributed by atoms with Crippen molar-refractivity contribution in [2.45, 2.75) is 4.90 Å². The highest BCUT2D eigenvalue weighted by Gasteiger charge is 2.22. The maximum Gasteiger partial charge on any atom is 0.337 e. The number of nitrogens with one attached hydrogen (secondary N) is 1. The summed E-state index contributed by atoms with van der Waals surface area (Å²) in [5.41, 5.74) is -1.04. The molecule has 12 heteroatoms. The smallest absolute Gasteiger partial charge is 0.337 e. The second-order valence-electron chi connectivity index (χ2n) is 5.26. The first-order chi connectivity index (χ1) is 13.1. The monoisotopic (exact) mass is 428 g/mol. The van der Waals surface area contributed by atoms with Crippen LogP contribution < -0.4 is 4.72 Å². The topological polar surface area (TPSA) is 142 Å². The highest BCUT2D eigenvalue weighted by Crippen LogP contribution is 2.29. The largest absolute Gasteiger partial charge is 0.465 e. The fourth-order valence-corrected chi connectivity index (χ4v) is 3.46. The average molecular weight is 429 g/mol. The third-order valence-electron chi connectivity index (χ3n) is 3.45. The van der Waals surface area contributed by atoms with Gasteiger partial charge in [0.2, 0.25) is 0 Å². The summed E-state index contributed by atoms with van der Waals surface area (Å²) in [5, 5.41) is 10.8. The SMILES string of the molecule is COC(=O)c1cc(C(=O)OC)cc(S(=O)(=O)Nc2ccc(Cl)c([N+](=O)[O-])c2)c1. The Bertz CT molecular complexity index is 1030. The molecule has 10 nitrogen and oxygen atoms in total. The number of anilines is 1. The molecular formula is C16H13ClN2O8S. The zero-order chi connectivity index (χ0) is 21.1. The molecule has 0 aliphatic rings. The van der Waals surface area contributed by atoms with Gasteiger partial charge in [-0.3, -0.25) is 14.8 Å². The van der Waals surface area contributed by atoms with E-state index >= 15 is 0 Å². The Labute approximate surface area is 164 Å². The number of benzene rings is 2. The number of carbonyl (C=O) groups excluding carboxylic acids is 2. The number of methoxy groups -OCH3 is 2. The van der Waals surface area contributed by atoms with E-state index < -0.39 is 37.5 Å². The molecule has 0 radical (unpaired) electrons. The van der Waals surface area contributed by atoms with E-state index in [9.17, 15) is 28.1 Å². The number of ether oxygens (including phenoxy) is 2.